The van der Waals surface area contributed by atoms with E-state index in [1.165, 1.54) is 47.1 Å². The first-order valence-corrected chi connectivity index (χ1v) is 17.5. The van der Waals surface area contributed by atoms with Gasteiger partial charge in [-0.05, 0) is 0 Å². The molecular formula is C25H38InP. The van der Waals surface area contributed by atoms with Gasteiger partial charge in [0.25, 0.3) is 0 Å². The van der Waals surface area contributed by atoms with Crippen molar-refractivity contribution in [2.24, 2.45) is 0 Å². The van der Waals surface area contributed by atoms with Crippen LogP contribution in [0.5, 0.6) is 0 Å². The van der Waals surface area contributed by atoms with Crippen LogP contribution in [0.3, 0.4) is 0 Å². The number of hydrogen-bond acceptors (Lipinski definition) is 0. The van der Waals surface area contributed by atoms with E-state index in [4.69, 9.17) is 0 Å². The summed E-state index contributed by atoms with van der Waals surface area (Å²) in [6.07, 6.45) is 15.3. The van der Waals surface area contributed by atoms with Gasteiger partial charge in [-0.15, -0.1) is 0 Å². The number of hydrogen-bond donors (Lipinski definition) is 0. The molecule has 27 heavy (non-hydrogen) atoms. The van der Waals surface area contributed by atoms with Crippen LogP contribution in [0.15, 0.2) is 9.40 Å². The molecule has 1 aromatic carbocycles. The average Bonchev–Trinajstić information content (AvgIpc) is 2.92. The molecule has 1 atom stereocenters. The minimum atomic E-state index is -2.03. The van der Waals surface area contributed by atoms with E-state index in [1.54, 1.807) is 53.5 Å². The molecule has 0 amide bonds. The van der Waals surface area contributed by atoms with Crippen LogP contribution in [-0.2, 0) is 0 Å². The van der Waals surface area contributed by atoms with Gasteiger partial charge in [0.2, 0.25) is 0 Å². The number of fused-ring (bicyclic) bond motifs is 1. The zero-order chi connectivity index (χ0) is 19.2. The minimum absolute atomic E-state index is 0.771. The van der Waals surface area contributed by atoms with Crippen molar-refractivity contribution in [1.82, 2.24) is 0 Å². The van der Waals surface area contributed by atoms with Crippen molar-refractivity contribution in [3.63, 3.8) is 0 Å². The molecule has 1 aromatic rings. The number of rotatable bonds is 3. The van der Waals surface area contributed by atoms with Gasteiger partial charge in [-0.25, -0.2) is 0 Å². The van der Waals surface area contributed by atoms with E-state index in [2.05, 4.69) is 40.7 Å². The maximum atomic E-state index is 2.68. The van der Waals surface area contributed by atoms with Crippen LogP contribution in [0.25, 0.3) is 5.57 Å². The van der Waals surface area contributed by atoms with Crippen LogP contribution in [0.1, 0.15) is 100 Å². The Morgan fingerprint density at radius 1 is 0.852 bits per heavy atom. The third-order valence-electron chi connectivity index (χ3n) is 8.30. The van der Waals surface area contributed by atoms with Crippen molar-refractivity contribution in [2.45, 2.75) is 107 Å². The Morgan fingerprint density at radius 2 is 1.48 bits per heavy atom. The van der Waals surface area contributed by atoms with E-state index in [0.29, 0.717) is 0 Å². The van der Waals surface area contributed by atoms with E-state index >= 15 is 0 Å². The molecule has 1 unspecified atom stereocenters. The van der Waals surface area contributed by atoms with Crippen molar-refractivity contribution in [3.8, 4) is 0 Å². The molecule has 0 nitrogen and oxygen atoms in total. The van der Waals surface area contributed by atoms with Crippen molar-refractivity contribution in [3.05, 3.63) is 31.6 Å². The van der Waals surface area contributed by atoms with Gasteiger partial charge in [0.15, 0.2) is 0 Å². The Labute approximate surface area is 177 Å². The summed E-state index contributed by atoms with van der Waals surface area (Å²) < 4.78 is 4.61. The molecule has 2 saturated carbocycles. The van der Waals surface area contributed by atoms with Gasteiger partial charge in [0.05, 0.1) is 0 Å². The number of benzene rings is 1. The Hall–Kier alpha value is 0.260. The summed E-state index contributed by atoms with van der Waals surface area (Å²) in [5, 5.41) is 0. The Kier molecular flexibility index (Phi) is 6.22. The summed E-state index contributed by atoms with van der Waals surface area (Å²) in [7, 11) is 1.27. The van der Waals surface area contributed by atoms with E-state index in [0.717, 1.165) is 8.57 Å². The maximum absolute atomic E-state index is 2.68. The fourth-order valence-corrected chi connectivity index (χ4v) is 27.9. The molecule has 0 spiro atoms. The molecule has 1 aliphatic heterocycles. The summed E-state index contributed by atoms with van der Waals surface area (Å²) in [5.41, 5.74) is 9.19. The number of allylic oxidation sites excluding steroid dienone is 2. The first-order valence-electron chi connectivity index (χ1n) is 11.5. The second-order valence-electron chi connectivity index (χ2n) is 9.84. The van der Waals surface area contributed by atoms with Crippen LogP contribution in [0, 0.1) is 20.8 Å². The first kappa shape index (κ1) is 20.5. The second-order valence-corrected chi connectivity index (χ2v) is 23.5. The fraction of sp³-hybridized carbons (Fsp3) is 0.680. The first-order chi connectivity index (χ1) is 12.9. The zero-order valence-electron chi connectivity index (χ0n) is 18.3. The molecular weight excluding hydrogens is 446 g/mol. The molecule has 2 fully saturated rings. The summed E-state index contributed by atoms with van der Waals surface area (Å²) in [4.78, 5) is 0. The van der Waals surface area contributed by atoms with E-state index in [-0.39, 0.29) is 0 Å². The van der Waals surface area contributed by atoms with Gasteiger partial charge in [0, 0.05) is 0 Å². The molecule has 0 saturated heterocycles. The van der Waals surface area contributed by atoms with Crippen LogP contribution >= 0.6 is 8.58 Å². The zero-order valence-corrected chi connectivity index (χ0v) is 22.6. The summed E-state index contributed by atoms with van der Waals surface area (Å²) in [6.45, 7) is 12.2. The summed E-state index contributed by atoms with van der Waals surface area (Å²) in [5.74, 6) is 0. The van der Waals surface area contributed by atoms with Crippen molar-refractivity contribution >= 4 is 38.9 Å². The van der Waals surface area contributed by atoms with Gasteiger partial charge in [-0.2, -0.15) is 0 Å². The molecule has 146 valence electrons. The van der Waals surface area contributed by atoms with E-state index in [9.17, 15) is 0 Å². The van der Waals surface area contributed by atoms with Gasteiger partial charge >= 0.3 is 178 Å². The Morgan fingerprint density at radius 3 is 2.15 bits per heavy atom. The van der Waals surface area contributed by atoms with Crippen molar-refractivity contribution in [2.75, 3.05) is 0 Å². The van der Waals surface area contributed by atoms with Crippen LogP contribution < -0.4 is 3.32 Å². The molecule has 1 heterocycles. The summed E-state index contributed by atoms with van der Waals surface area (Å²) >= 11 is -2.03. The molecule has 0 radical (unpaired) electrons. The van der Waals surface area contributed by atoms with Gasteiger partial charge < -0.3 is 0 Å². The fourth-order valence-electron chi connectivity index (χ4n) is 6.55. The van der Waals surface area contributed by atoms with Gasteiger partial charge in [-0.3, -0.25) is 0 Å². The third kappa shape index (κ3) is 3.63. The SMILES string of the molecule is CC1=[C](C)[In]([C]2(PC3CCCCC3)CCCCC2)[c]2cc(C)c(C)c(C)c21. The molecule has 0 N–H and O–H groups in total. The predicted octanol–water partition coefficient (Wildman–Crippen LogP) is 6.91. The Balaban J connectivity index is 1.79. The Bertz CT molecular complexity index is 748. The molecule has 0 bridgehead atoms. The third-order valence-corrected chi connectivity index (χ3v) is 25.3. The topological polar surface area (TPSA) is 0 Å². The standard InChI is InChI=1S/C13H16.C12H22P.In/c1-6-9(2)13-8-7-10(3)11(4)12(13)5;1-3-7-11(8-4-1)13-12-9-5-2-6-10-12;/h7H,1-5H3;11,13H,1-10H2;. The monoisotopic (exact) mass is 484 g/mol. The quantitative estimate of drug-likeness (QED) is 0.409. The van der Waals surface area contributed by atoms with E-state index in [1.807, 2.05) is 6.65 Å². The molecule has 4 rings (SSSR count). The van der Waals surface area contributed by atoms with Gasteiger partial charge in [0.1, 0.15) is 0 Å². The van der Waals surface area contributed by atoms with Crippen LogP contribution in [0.2, 0.25) is 0 Å². The van der Waals surface area contributed by atoms with Crippen LogP contribution in [-0.4, -0.2) is 30.0 Å². The van der Waals surface area contributed by atoms with Gasteiger partial charge in [-0.1, -0.05) is 0 Å². The molecule has 3 aliphatic rings. The molecule has 2 aliphatic carbocycles. The summed E-state index contributed by atoms with van der Waals surface area (Å²) in [6, 6.07) is 2.68. The number of aryl methyl sites for hydroxylation is 1. The predicted molar refractivity (Wildman–Crippen MR) is 125 cm³/mol. The second kappa shape index (κ2) is 8.18. The van der Waals surface area contributed by atoms with E-state index < -0.39 is 21.4 Å². The van der Waals surface area contributed by atoms with Crippen LogP contribution in [0.4, 0.5) is 0 Å². The molecule has 2 heteroatoms. The van der Waals surface area contributed by atoms with Crippen molar-refractivity contribution in [1.29, 1.82) is 0 Å². The normalized spacial score (nSPS) is 23.5. The van der Waals surface area contributed by atoms with Crippen molar-refractivity contribution < 1.29 is 0 Å². The average molecular weight is 484 g/mol. The molecule has 0 aromatic heterocycles.